The molecule has 2 aromatic heterocycles. The second-order valence-electron chi connectivity index (χ2n) is 6.76. The number of aryl methyl sites for hydroxylation is 2. The Bertz CT molecular complexity index is 642. The Morgan fingerprint density at radius 2 is 1.96 bits per heavy atom. The molecule has 2 heterocycles. The molecule has 1 amide bonds. The van der Waals surface area contributed by atoms with Crippen molar-refractivity contribution in [3.8, 4) is 0 Å². The minimum atomic E-state index is -0.0816. The standard InChI is InChI=1S/C18H25N3O2/c1-13-15(23-17(21-13)18(2,3)4)6-5-9-20-16(22)12-14-7-10-19-11-8-14/h7-8,10-11H,5-6,9,12H2,1-4H3,(H,20,22). The summed E-state index contributed by atoms with van der Waals surface area (Å²) in [5, 5.41) is 2.94. The molecule has 0 spiro atoms. The SMILES string of the molecule is Cc1nc(C(C)(C)C)oc1CCCNC(=O)Cc1ccncc1. The summed E-state index contributed by atoms with van der Waals surface area (Å²) < 4.78 is 5.85. The second kappa shape index (κ2) is 7.40. The molecule has 0 aliphatic heterocycles. The Balaban J connectivity index is 1.75. The van der Waals surface area contributed by atoms with E-state index in [4.69, 9.17) is 4.42 Å². The van der Waals surface area contributed by atoms with Gasteiger partial charge in [-0.3, -0.25) is 9.78 Å². The third kappa shape index (κ3) is 5.20. The smallest absolute Gasteiger partial charge is 0.224 e. The summed E-state index contributed by atoms with van der Waals surface area (Å²) >= 11 is 0. The highest BCUT2D eigenvalue weighted by Crippen LogP contribution is 2.24. The molecule has 1 N–H and O–H groups in total. The summed E-state index contributed by atoms with van der Waals surface area (Å²) in [6.45, 7) is 8.86. The molecule has 0 saturated carbocycles. The van der Waals surface area contributed by atoms with Gasteiger partial charge >= 0.3 is 0 Å². The number of nitrogens with zero attached hydrogens (tertiary/aromatic N) is 2. The van der Waals surface area contributed by atoms with Crippen molar-refractivity contribution < 1.29 is 9.21 Å². The van der Waals surface area contributed by atoms with Crippen LogP contribution in [0.2, 0.25) is 0 Å². The number of carbonyl (C=O) groups is 1. The summed E-state index contributed by atoms with van der Waals surface area (Å²) in [6, 6.07) is 3.71. The summed E-state index contributed by atoms with van der Waals surface area (Å²) in [4.78, 5) is 20.3. The average molecular weight is 315 g/mol. The molecule has 0 bridgehead atoms. The lowest BCUT2D eigenvalue weighted by molar-refractivity contribution is -0.120. The Morgan fingerprint density at radius 1 is 1.26 bits per heavy atom. The fourth-order valence-corrected chi connectivity index (χ4v) is 2.21. The molecule has 2 aromatic rings. The summed E-state index contributed by atoms with van der Waals surface area (Å²) in [5.74, 6) is 1.71. The number of hydrogen-bond donors (Lipinski definition) is 1. The van der Waals surface area contributed by atoms with E-state index in [9.17, 15) is 4.79 Å². The van der Waals surface area contributed by atoms with Crippen LogP contribution in [-0.2, 0) is 23.1 Å². The third-order valence-corrected chi connectivity index (χ3v) is 3.55. The van der Waals surface area contributed by atoms with Crippen LogP contribution in [0.5, 0.6) is 0 Å². The van der Waals surface area contributed by atoms with Crippen LogP contribution < -0.4 is 5.32 Å². The Kier molecular flexibility index (Phi) is 5.53. The molecule has 23 heavy (non-hydrogen) atoms. The molecular formula is C18H25N3O2. The van der Waals surface area contributed by atoms with E-state index in [2.05, 4.69) is 36.1 Å². The van der Waals surface area contributed by atoms with Crippen molar-refractivity contribution >= 4 is 5.91 Å². The molecule has 2 rings (SSSR count). The van der Waals surface area contributed by atoms with E-state index in [0.717, 1.165) is 35.7 Å². The van der Waals surface area contributed by atoms with E-state index in [0.29, 0.717) is 13.0 Å². The second-order valence-corrected chi connectivity index (χ2v) is 6.76. The maximum Gasteiger partial charge on any atom is 0.224 e. The monoisotopic (exact) mass is 315 g/mol. The maximum atomic E-state index is 11.9. The first-order valence-corrected chi connectivity index (χ1v) is 7.98. The van der Waals surface area contributed by atoms with Crippen LogP contribution in [0.15, 0.2) is 28.9 Å². The zero-order chi connectivity index (χ0) is 16.9. The molecule has 0 unspecified atom stereocenters. The highest BCUT2D eigenvalue weighted by molar-refractivity contribution is 5.78. The number of oxazole rings is 1. The van der Waals surface area contributed by atoms with E-state index in [1.54, 1.807) is 12.4 Å². The first kappa shape index (κ1) is 17.2. The molecule has 0 aliphatic rings. The van der Waals surface area contributed by atoms with Gasteiger partial charge in [-0.2, -0.15) is 0 Å². The normalized spacial score (nSPS) is 11.5. The van der Waals surface area contributed by atoms with Crippen molar-refractivity contribution in [1.82, 2.24) is 15.3 Å². The lowest BCUT2D eigenvalue weighted by Gasteiger charge is -2.12. The van der Waals surface area contributed by atoms with E-state index in [1.165, 1.54) is 0 Å². The van der Waals surface area contributed by atoms with E-state index >= 15 is 0 Å². The molecule has 0 aliphatic carbocycles. The zero-order valence-electron chi connectivity index (χ0n) is 14.3. The predicted octanol–water partition coefficient (Wildman–Crippen LogP) is 2.97. The van der Waals surface area contributed by atoms with Gasteiger partial charge in [-0.05, 0) is 31.0 Å². The lowest BCUT2D eigenvalue weighted by atomic mass is 9.97. The van der Waals surface area contributed by atoms with Gasteiger partial charge in [0, 0.05) is 30.8 Å². The Hall–Kier alpha value is -2.17. The van der Waals surface area contributed by atoms with Crippen molar-refractivity contribution in [3.05, 3.63) is 47.4 Å². The first-order chi connectivity index (χ1) is 10.9. The fourth-order valence-electron chi connectivity index (χ4n) is 2.21. The molecule has 0 fully saturated rings. The van der Waals surface area contributed by atoms with Crippen molar-refractivity contribution in [2.45, 2.75) is 52.4 Å². The number of amides is 1. The van der Waals surface area contributed by atoms with Gasteiger partial charge in [0.05, 0.1) is 12.1 Å². The average Bonchev–Trinajstić information content (AvgIpc) is 2.86. The highest BCUT2D eigenvalue weighted by atomic mass is 16.4. The molecular weight excluding hydrogens is 290 g/mol. The van der Waals surface area contributed by atoms with E-state index in [1.807, 2.05) is 19.1 Å². The lowest BCUT2D eigenvalue weighted by Crippen LogP contribution is -2.26. The minimum absolute atomic E-state index is 0.0286. The topological polar surface area (TPSA) is 68.0 Å². The van der Waals surface area contributed by atoms with Gasteiger partial charge in [0.2, 0.25) is 5.91 Å². The van der Waals surface area contributed by atoms with Gasteiger partial charge in [-0.25, -0.2) is 4.98 Å². The number of carbonyl (C=O) groups excluding carboxylic acids is 1. The zero-order valence-corrected chi connectivity index (χ0v) is 14.3. The Morgan fingerprint density at radius 3 is 2.57 bits per heavy atom. The number of rotatable bonds is 6. The van der Waals surface area contributed by atoms with Crippen LogP contribution in [0, 0.1) is 6.92 Å². The fraction of sp³-hybridized carbons (Fsp3) is 0.500. The molecule has 0 atom stereocenters. The third-order valence-electron chi connectivity index (χ3n) is 3.55. The largest absolute Gasteiger partial charge is 0.445 e. The summed E-state index contributed by atoms with van der Waals surface area (Å²) in [7, 11) is 0. The van der Waals surface area contributed by atoms with Crippen molar-refractivity contribution in [2.75, 3.05) is 6.54 Å². The van der Waals surface area contributed by atoms with Crippen LogP contribution in [0.1, 0.15) is 50.1 Å². The molecule has 0 aromatic carbocycles. The number of pyridine rings is 1. The van der Waals surface area contributed by atoms with Crippen molar-refractivity contribution in [2.24, 2.45) is 0 Å². The van der Waals surface area contributed by atoms with Gasteiger partial charge in [0.1, 0.15) is 5.76 Å². The van der Waals surface area contributed by atoms with Crippen molar-refractivity contribution in [1.29, 1.82) is 0 Å². The van der Waals surface area contributed by atoms with E-state index in [-0.39, 0.29) is 11.3 Å². The van der Waals surface area contributed by atoms with Gasteiger partial charge in [-0.15, -0.1) is 0 Å². The van der Waals surface area contributed by atoms with Crippen LogP contribution >= 0.6 is 0 Å². The number of aromatic nitrogens is 2. The van der Waals surface area contributed by atoms with Gasteiger partial charge in [-0.1, -0.05) is 20.8 Å². The van der Waals surface area contributed by atoms with Crippen LogP contribution in [0.3, 0.4) is 0 Å². The van der Waals surface area contributed by atoms with Crippen LogP contribution in [0.25, 0.3) is 0 Å². The number of nitrogens with one attached hydrogen (secondary N) is 1. The molecule has 0 radical (unpaired) electrons. The predicted molar refractivity (Wildman–Crippen MR) is 89.2 cm³/mol. The van der Waals surface area contributed by atoms with Crippen LogP contribution in [-0.4, -0.2) is 22.4 Å². The first-order valence-electron chi connectivity index (χ1n) is 7.98. The summed E-state index contributed by atoms with van der Waals surface area (Å²) in [6.07, 6.45) is 5.40. The van der Waals surface area contributed by atoms with E-state index < -0.39 is 0 Å². The molecule has 124 valence electrons. The number of hydrogen-bond acceptors (Lipinski definition) is 4. The highest BCUT2D eigenvalue weighted by Gasteiger charge is 2.21. The van der Waals surface area contributed by atoms with Gasteiger partial charge in [0.15, 0.2) is 5.89 Å². The van der Waals surface area contributed by atoms with Crippen LogP contribution in [0.4, 0.5) is 0 Å². The molecule has 5 heteroatoms. The molecule has 0 saturated heterocycles. The Labute approximate surface area is 137 Å². The molecule has 5 nitrogen and oxygen atoms in total. The van der Waals surface area contributed by atoms with Crippen molar-refractivity contribution in [3.63, 3.8) is 0 Å². The van der Waals surface area contributed by atoms with Gasteiger partial charge in [0.25, 0.3) is 0 Å². The van der Waals surface area contributed by atoms with Gasteiger partial charge < -0.3 is 9.73 Å². The minimum Gasteiger partial charge on any atom is -0.445 e. The quantitative estimate of drug-likeness (QED) is 0.832. The summed E-state index contributed by atoms with van der Waals surface area (Å²) in [5.41, 5.74) is 1.83. The maximum absolute atomic E-state index is 11.9.